The van der Waals surface area contributed by atoms with Crippen LogP contribution in [0.15, 0.2) is 48.0 Å². The molecule has 1 aliphatic rings. The van der Waals surface area contributed by atoms with E-state index < -0.39 is 15.9 Å². The smallest absolute Gasteiger partial charge is 0.268 e. The second-order valence-electron chi connectivity index (χ2n) is 7.87. The largest absolute Gasteiger partial charge is 0.385 e. The van der Waals surface area contributed by atoms with Gasteiger partial charge in [0, 0.05) is 31.4 Å². The highest BCUT2D eigenvalue weighted by Gasteiger charge is 2.42. The van der Waals surface area contributed by atoms with Crippen LogP contribution in [-0.2, 0) is 26.1 Å². The van der Waals surface area contributed by atoms with E-state index in [2.05, 4.69) is 5.32 Å². The van der Waals surface area contributed by atoms with Crippen LogP contribution in [-0.4, -0.2) is 44.8 Å². The summed E-state index contributed by atoms with van der Waals surface area (Å²) in [7, 11) is -2.37. The lowest BCUT2D eigenvalue weighted by Gasteiger charge is -2.17. The van der Waals surface area contributed by atoms with Crippen molar-refractivity contribution in [3.63, 3.8) is 0 Å². The number of rotatable bonds is 8. The Morgan fingerprint density at radius 3 is 2.34 bits per heavy atom. The first-order chi connectivity index (χ1) is 15.2. The summed E-state index contributed by atoms with van der Waals surface area (Å²) in [6.45, 7) is 6.37. The fourth-order valence-corrected chi connectivity index (χ4v) is 5.34. The molecule has 2 amide bonds. The molecule has 0 unspecified atom stereocenters. The Morgan fingerprint density at radius 1 is 1.03 bits per heavy atom. The van der Waals surface area contributed by atoms with Gasteiger partial charge in [-0.1, -0.05) is 30.3 Å². The fraction of sp³-hybridized carbons (Fsp3) is 0.333. The monoisotopic (exact) mass is 456 g/mol. The Bertz CT molecular complexity index is 1170. The molecule has 8 heteroatoms. The standard InChI is InChI=1S/C24H28N2O5S/c1-16-6-9-21(14-17(16)2)22-18(3)24(28)26(32(22,29)30)15-19-7-10-20(11-8-19)23(27)25-12-5-13-31-4/h6-11,14H,5,12-13,15H2,1-4H3,(H,25,27). The lowest BCUT2D eigenvalue weighted by Crippen LogP contribution is -2.31. The lowest BCUT2D eigenvalue weighted by molar-refractivity contribution is -0.122. The molecule has 0 aromatic heterocycles. The molecule has 1 N–H and O–H groups in total. The quantitative estimate of drug-likeness (QED) is 0.616. The summed E-state index contributed by atoms with van der Waals surface area (Å²) in [5.41, 5.74) is 3.81. The molecule has 32 heavy (non-hydrogen) atoms. The van der Waals surface area contributed by atoms with Crippen LogP contribution in [0, 0.1) is 13.8 Å². The second kappa shape index (κ2) is 9.67. The molecule has 0 saturated carbocycles. The Morgan fingerprint density at radius 2 is 1.72 bits per heavy atom. The van der Waals surface area contributed by atoms with Gasteiger partial charge in [-0.25, -0.2) is 12.7 Å². The van der Waals surface area contributed by atoms with Crippen LogP contribution in [0.2, 0.25) is 0 Å². The topological polar surface area (TPSA) is 92.8 Å². The number of hydrogen-bond acceptors (Lipinski definition) is 5. The molecule has 0 spiro atoms. The minimum atomic E-state index is -3.98. The van der Waals surface area contributed by atoms with Gasteiger partial charge < -0.3 is 10.1 Å². The van der Waals surface area contributed by atoms with Gasteiger partial charge in [0.25, 0.3) is 21.8 Å². The summed E-state index contributed by atoms with van der Waals surface area (Å²) >= 11 is 0. The van der Waals surface area contributed by atoms with Gasteiger partial charge >= 0.3 is 0 Å². The Balaban J connectivity index is 1.76. The van der Waals surface area contributed by atoms with E-state index in [1.54, 1.807) is 50.4 Å². The van der Waals surface area contributed by atoms with Crippen molar-refractivity contribution in [2.24, 2.45) is 0 Å². The minimum absolute atomic E-state index is 0.0534. The van der Waals surface area contributed by atoms with Gasteiger partial charge in [-0.3, -0.25) is 9.59 Å². The zero-order valence-electron chi connectivity index (χ0n) is 18.8. The van der Waals surface area contributed by atoms with Crippen molar-refractivity contribution >= 4 is 26.7 Å². The Kier molecular flexibility index (Phi) is 7.16. The number of hydrogen-bond donors (Lipinski definition) is 1. The third kappa shape index (κ3) is 4.76. The number of carbonyl (C=O) groups is 2. The molecule has 3 rings (SSSR count). The highest BCUT2D eigenvalue weighted by atomic mass is 32.2. The molecule has 1 heterocycles. The predicted molar refractivity (Wildman–Crippen MR) is 123 cm³/mol. The van der Waals surface area contributed by atoms with Gasteiger partial charge in [0.2, 0.25) is 0 Å². The van der Waals surface area contributed by atoms with Crippen LogP contribution >= 0.6 is 0 Å². The molecule has 7 nitrogen and oxygen atoms in total. The summed E-state index contributed by atoms with van der Waals surface area (Å²) in [6, 6.07) is 12.0. The Labute approximate surface area is 189 Å². The van der Waals surface area contributed by atoms with Gasteiger partial charge in [0.1, 0.15) is 4.91 Å². The van der Waals surface area contributed by atoms with E-state index in [1.165, 1.54) is 0 Å². The number of benzene rings is 2. The fourth-order valence-electron chi connectivity index (χ4n) is 3.55. The number of ether oxygens (including phenoxy) is 1. The number of nitrogens with one attached hydrogen (secondary N) is 1. The molecular formula is C24H28N2O5S. The highest BCUT2D eigenvalue weighted by molar-refractivity contribution is 7.99. The molecule has 0 saturated heterocycles. The van der Waals surface area contributed by atoms with E-state index in [9.17, 15) is 18.0 Å². The second-order valence-corrected chi connectivity index (χ2v) is 9.67. The van der Waals surface area contributed by atoms with Crippen molar-refractivity contribution < 1.29 is 22.7 Å². The molecule has 0 aliphatic carbocycles. The van der Waals surface area contributed by atoms with Crippen LogP contribution < -0.4 is 5.32 Å². The predicted octanol–water partition coefficient (Wildman–Crippen LogP) is 3.17. The van der Waals surface area contributed by atoms with Crippen LogP contribution in [0.3, 0.4) is 0 Å². The molecule has 0 radical (unpaired) electrons. The van der Waals surface area contributed by atoms with Gasteiger partial charge in [-0.2, -0.15) is 0 Å². The third-order valence-corrected chi connectivity index (χ3v) is 7.49. The Hall–Kier alpha value is -2.97. The number of nitrogens with zero attached hydrogens (tertiary/aromatic N) is 1. The SMILES string of the molecule is COCCCNC(=O)c1ccc(CN2C(=O)C(C)=C(c3ccc(C)c(C)c3)S2(=O)=O)cc1. The van der Waals surface area contributed by atoms with E-state index in [-0.39, 0.29) is 22.9 Å². The van der Waals surface area contributed by atoms with E-state index in [0.29, 0.717) is 36.3 Å². The van der Waals surface area contributed by atoms with Gasteiger partial charge in [0.05, 0.1) is 6.54 Å². The third-order valence-electron chi connectivity index (χ3n) is 5.56. The number of carbonyl (C=O) groups excluding carboxylic acids is 2. The molecule has 0 bridgehead atoms. The van der Waals surface area contributed by atoms with E-state index in [1.807, 2.05) is 19.9 Å². The molecule has 2 aromatic carbocycles. The van der Waals surface area contributed by atoms with Crippen molar-refractivity contribution in [3.05, 3.63) is 75.9 Å². The minimum Gasteiger partial charge on any atom is -0.385 e. The van der Waals surface area contributed by atoms with Crippen molar-refractivity contribution in [1.29, 1.82) is 0 Å². The summed E-state index contributed by atoms with van der Waals surface area (Å²) in [6.07, 6.45) is 0.713. The van der Waals surface area contributed by atoms with Crippen molar-refractivity contribution in [2.45, 2.75) is 33.7 Å². The summed E-state index contributed by atoms with van der Waals surface area (Å²) in [5, 5.41) is 2.80. The molecule has 1 aliphatic heterocycles. The van der Waals surface area contributed by atoms with Crippen LogP contribution in [0.1, 0.15) is 46.0 Å². The summed E-state index contributed by atoms with van der Waals surface area (Å²) in [4.78, 5) is 25.1. The van der Waals surface area contributed by atoms with Crippen LogP contribution in [0.4, 0.5) is 0 Å². The van der Waals surface area contributed by atoms with E-state index in [4.69, 9.17) is 4.74 Å². The number of aryl methyl sites for hydroxylation is 2. The highest BCUT2D eigenvalue weighted by Crippen LogP contribution is 2.37. The summed E-state index contributed by atoms with van der Waals surface area (Å²) < 4.78 is 32.3. The molecule has 0 fully saturated rings. The molecule has 2 aromatic rings. The number of methoxy groups -OCH3 is 1. The number of sulfonamides is 1. The zero-order valence-corrected chi connectivity index (χ0v) is 19.6. The maximum Gasteiger partial charge on any atom is 0.268 e. The van der Waals surface area contributed by atoms with Crippen molar-refractivity contribution in [2.75, 3.05) is 20.3 Å². The average molecular weight is 457 g/mol. The van der Waals surface area contributed by atoms with Gasteiger partial charge in [-0.15, -0.1) is 0 Å². The lowest BCUT2D eigenvalue weighted by atomic mass is 10.0. The molecule has 170 valence electrons. The number of amides is 2. The van der Waals surface area contributed by atoms with Crippen molar-refractivity contribution in [3.8, 4) is 0 Å². The molecule has 0 atom stereocenters. The van der Waals surface area contributed by atoms with Crippen LogP contribution in [0.5, 0.6) is 0 Å². The normalized spacial score (nSPS) is 15.4. The van der Waals surface area contributed by atoms with E-state index in [0.717, 1.165) is 15.4 Å². The summed E-state index contributed by atoms with van der Waals surface area (Å²) in [5.74, 6) is -0.745. The first-order valence-electron chi connectivity index (χ1n) is 10.4. The zero-order chi connectivity index (χ0) is 23.5. The van der Waals surface area contributed by atoms with Gasteiger partial charge in [0.15, 0.2) is 0 Å². The van der Waals surface area contributed by atoms with Gasteiger partial charge in [-0.05, 0) is 61.6 Å². The average Bonchev–Trinajstić information content (AvgIpc) is 2.93. The first-order valence-corrected chi connectivity index (χ1v) is 11.8. The van der Waals surface area contributed by atoms with E-state index >= 15 is 0 Å². The molecular weight excluding hydrogens is 428 g/mol. The first kappa shape index (κ1) is 23.7. The van der Waals surface area contributed by atoms with Crippen molar-refractivity contribution in [1.82, 2.24) is 9.62 Å². The maximum absolute atomic E-state index is 13.2. The maximum atomic E-state index is 13.2. The van der Waals surface area contributed by atoms with Crippen LogP contribution in [0.25, 0.3) is 4.91 Å².